The highest BCUT2D eigenvalue weighted by Gasteiger charge is 2.17. The molecule has 0 aliphatic carbocycles. The van der Waals surface area contributed by atoms with Crippen molar-refractivity contribution in [1.29, 1.82) is 5.26 Å². The molecule has 1 aromatic carbocycles. The van der Waals surface area contributed by atoms with Gasteiger partial charge in [-0.2, -0.15) is 5.26 Å². The normalized spacial score (nSPS) is 10.3. The molecule has 0 saturated carbocycles. The number of benzene rings is 1. The number of hydrogen-bond donors (Lipinski definition) is 0. The van der Waals surface area contributed by atoms with Gasteiger partial charge in [-0.25, -0.2) is 4.98 Å². The van der Waals surface area contributed by atoms with Crippen LogP contribution in [-0.4, -0.2) is 16.7 Å². The maximum atomic E-state index is 9.23. The molecule has 98 valence electrons. The van der Waals surface area contributed by atoms with E-state index in [0.29, 0.717) is 5.69 Å². The first-order valence-electron chi connectivity index (χ1n) is 6.09. The molecule has 1 aromatic heterocycles. The molecule has 0 atom stereocenters. The number of nitriles is 1. The van der Waals surface area contributed by atoms with Crippen molar-refractivity contribution in [3.05, 3.63) is 34.8 Å². The average molecular weight is 255 g/mol. The Bertz CT molecular complexity index is 678. The molecule has 1 heterocycles. The van der Waals surface area contributed by atoms with Crippen molar-refractivity contribution >= 4 is 0 Å². The van der Waals surface area contributed by atoms with Gasteiger partial charge in [0, 0.05) is 12.6 Å². The molecule has 19 heavy (non-hydrogen) atoms. The highest BCUT2D eigenvalue weighted by molar-refractivity contribution is 5.71. The van der Waals surface area contributed by atoms with Crippen LogP contribution in [0.2, 0.25) is 0 Å². The second-order valence-electron chi connectivity index (χ2n) is 4.59. The van der Waals surface area contributed by atoms with Gasteiger partial charge in [0.25, 0.3) is 0 Å². The molecule has 0 unspecified atom stereocenters. The summed E-state index contributed by atoms with van der Waals surface area (Å²) in [6.45, 7) is 5.96. The van der Waals surface area contributed by atoms with Crippen LogP contribution in [0.4, 0.5) is 0 Å². The number of methoxy groups -OCH3 is 1. The number of rotatable bonds is 2. The van der Waals surface area contributed by atoms with Crippen molar-refractivity contribution in [3.8, 4) is 23.1 Å². The van der Waals surface area contributed by atoms with Crippen LogP contribution in [0, 0.1) is 32.1 Å². The van der Waals surface area contributed by atoms with Crippen LogP contribution < -0.4 is 4.74 Å². The maximum absolute atomic E-state index is 9.23. The van der Waals surface area contributed by atoms with Crippen molar-refractivity contribution in [2.75, 3.05) is 7.11 Å². The van der Waals surface area contributed by atoms with E-state index in [-0.39, 0.29) is 0 Å². The van der Waals surface area contributed by atoms with Crippen LogP contribution in [0.1, 0.15) is 22.6 Å². The van der Waals surface area contributed by atoms with E-state index in [9.17, 15) is 5.26 Å². The van der Waals surface area contributed by atoms with Crippen LogP contribution in [0.25, 0.3) is 11.3 Å². The Hall–Kier alpha value is -2.28. The summed E-state index contributed by atoms with van der Waals surface area (Å²) in [4.78, 5) is 4.29. The van der Waals surface area contributed by atoms with E-state index in [1.807, 2.05) is 44.5 Å². The summed E-state index contributed by atoms with van der Waals surface area (Å²) in [7, 11) is 3.59. The number of nitrogens with zero attached hydrogens (tertiary/aromatic N) is 3. The molecule has 0 aliphatic rings. The van der Waals surface area contributed by atoms with Gasteiger partial charge in [0.05, 0.1) is 12.8 Å². The van der Waals surface area contributed by atoms with Crippen LogP contribution in [0.5, 0.6) is 5.75 Å². The van der Waals surface area contributed by atoms with E-state index in [2.05, 4.69) is 11.1 Å². The summed E-state index contributed by atoms with van der Waals surface area (Å²) >= 11 is 0. The summed E-state index contributed by atoms with van der Waals surface area (Å²) in [6, 6.07) is 6.08. The van der Waals surface area contributed by atoms with E-state index in [1.54, 1.807) is 7.11 Å². The van der Waals surface area contributed by atoms with Gasteiger partial charge in [-0.15, -0.1) is 0 Å². The Balaban J connectivity index is 2.74. The summed E-state index contributed by atoms with van der Waals surface area (Å²) < 4.78 is 7.27. The molecule has 2 aromatic rings. The van der Waals surface area contributed by atoms with Gasteiger partial charge in [0.2, 0.25) is 0 Å². The van der Waals surface area contributed by atoms with Crippen LogP contribution in [0.3, 0.4) is 0 Å². The van der Waals surface area contributed by atoms with Gasteiger partial charge in [-0.05, 0) is 44.0 Å². The number of imidazole rings is 1. The van der Waals surface area contributed by atoms with Gasteiger partial charge in [-0.3, -0.25) is 0 Å². The van der Waals surface area contributed by atoms with Gasteiger partial charge in [0.1, 0.15) is 17.6 Å². The number of ether oxygens (including phenoxy) is 1. The first-order valence-corrected chi connectivity index (χ1v) is 6.09. The lowest BCUT2D eigenvalue weighted by atomic mass is 9.99. The van der Waals surface area contributed by atoms with Crippen LogP contribution >= 0.6 is 0 Å². The molecular formula is C15H17N3O. The lowest BCUT2D eigenvalue weighted by Crippen LogP contribution is -1.99. The summed E-state index contributed by atoms with van der Waals surface area (Å²) in [6.07, 6.45) is 0. The maximum Gasteiger partial charge on any atom is 0.166 e. The molecule has 0 saturated heterocycles. The molecule has 2 rings (SSSR count). The molecular weight excluding hydrogens is 238 g/mol. The van der Waals surface area contributed by atoms with Crippen molar-refractivity contribution in [2.24, 2.45) is 7.05 Å². The summed E-state index contributed by atoms with van der Waals surface area (Å²) in [5, 5.41) is 9.23. The lowest BCUT2D eigenvalue weighted by Gasteiger charge is -2.13. The lowest BCUT2D eigenvalue weighted by molar-refractivity contribution is 0.411. The molecule has 0 aliphatic heterocycles. The minimum atomic E-state index is 0.465. The molecule has 0 radical (unpaired) electrons. The quantitative estimate of drug-likeness (QED) is 0.829. The fourth-order valence-corrected chi connectivity index (χ4v) is 2.27. The largest absolute Gasteiger partial charge is 0.496 e. The zero-order valence-electron chi connectivity index (χ0n) is 11.9. The molecule has 0 amide bonds. The Kier molecular flexibility index (Phi) is 3.30. The van der Waals surface area contributed by atoms with Crippen LogP contribution in [-0.2, 0) is 7.05 Å². The fraction of sp³-hybridized carbons (Fsp3) is 0.333. The van der Waals surface area contributed by atoms with Gasteiger partial charge in [0.15, 0.2) is 5.69 Å². The van der Waals surface area contributed by atoms with E-state index in [4.69, 9.17) is 4.74 Å². The highest BCUT2D eigenvalue weighted by atomic mass is 16.5. The van der Waals surface area contributed by atoms with Crippen molar-refractivity contribution in [2.45, 2.75) is 20.8 Å². The van der Waals surface area contributed by atoms with E-state index < -0.39 is 0 Å². The second-order valence-corrected chi connectivity index (χ2v) is 4.59. The Morgan fingerprint density at radius 2 is 1.89 bits per heavy atom. The van der Waals surface area contributed by atoms with E-state index >= 15 is 0 Å². The third-order valence-electron chi connectivity index (χ3n) is 3.64. The van der Waals surface area contributed by atoms with E-state index in [0.717, 1.165) is 34.0 Å². The molecule has 4 nitrogen and oxygen atoms in total. The third kappa shape index (κ3) is 1.97. The smallest absolute Gasteiger partial charge is 0.166 e. The topological polar surface area (TPSA) is 50.8 Å². The highest BCUT2D eigenvalue weighted by Crippen LogP contribution is 2.32. The monoisotopic (exact) mass is 255 g/mol. The first kappa shape index (κ1) is 13.2. The fourth-order valence-electron chi connectivity index (χ4n) is 2.27. The Labute approximate surface area is 113 Å². The van der Waals surface area contributed by atoms with Crippen molar-refractivity contribution in [1.82, 2.24) is 9.55 Å². The van der Waals surface area contributed by atoms with Gasteiger partial charge in [-0.1, -0.05) is 0 Å². The van der Waals surface area contributed by atoms with Gasteiger partial charge >= 0.3 is 0 Å². The van der Waals surface area contributed by atoms with Crippen molar-refractivity contribution in [3.63, 3.8) is 0 Å². The average Bonchev–Trinajstić information content (AvgIpc) is 2.69. The Morgan fingerprint density at radius 3 is 2.47 bits per heavy atom. The van der Waals surface area contributed by atoms with Gasteiger partial charge < -0.3 is 9.30 Å². The summed E-state index contributed by atoms with van der Waals surface area (Å²) in [5.74, 6) is 1.69. The zero-order chi connectivity index (χ0) is 14.2. The number of aryl methyl sites for hydroxylation is 1. The first-order chi connectivity index (χ1) is 9.01. The van der Waals surface area contributed by atoms with Crippen LogP contribution in [0.15, 0.2) is 12.1 Å². The SMILES string of the molecule is COc1ccc(-c2c(C#N)nc(C)n2C)c(C)c1C. The molecule has 4 heteroatoms. The number of aromatic nitrogens is 2. The minimum absolute atomic E-state index is 0.465. The zero-order valence-corrected chi connectivity index (χ0v) is 11.9. The Morgan fingerprint density at radius 1 is 1.21 bits per heavy atom. The predicted octanol–water partition coefficient (Wildman–Crippen LogP) is 2.89. The summed E-state index contributed by atoms with van der Waals surface area (Å²) in [5.41, 5.74) is 4.55. The molecule has 0 spiro atoms. The second kappa shape index (κ2) is 4.77. The minimum Gasteiger partial charge on any atom is -0.496 e. The third-order valence-corrected chi connectivity index (χ3v) is 3.64. The molecule has 0 N–H and O–H groups in total. The number of hydrogen-bond acceptors (Lipinski definition) is 3. The predicted molar refractivity (Wildman–Crippen MR) is 74.1 cm³/mol. The molecule has 0 fully saturated rings. The standard InChI is InChI=1S/C15H17N3O/c1-9-10(2)14(19-5)7-6-12(9)15-13(8-16)17-11(3)18(15)4/h6-7H,1-5H3. The van der Waals surface area contributed by atoms with E-state index in [1.165, 1.54) is 0 Å². The van der Waals surface area contributed by atoms with Crippen molar-refractivity contribution < 1.29 is 4.74 Å². The molecule has 0 bridgehead atoms.